The molecule has 0 amide bonds. The van der Waals surface area contributed by atoms with Gasteiger partial charge < -0.3 is 20.5 Å². The number of nitrogens with zero attached hydrogens (tertiary/aromatic N) is 1. The lowest BCUT2D eigenvalue weighted by atomic mass is 10.1. The summed E-state index contributed by atoms with van der Waals surface area (Å²) < 4.78 is 11.3. The Balaban J connectivity index is 1.48. The summed E-state index contributed by atoms with van der Waals surface area (Å²) in [5.41, 5.74) is 9.20. The van der Waals surface area contributed by atoms with Crippen molar-refractivity contribution in [1.29, 1.82) is 0 Å². The van der Waals surface area contributed by atoms with E-state index in [-0.39, 0.29) is 6.04 Å². The monoisotopic (exact) mass is 435 g/mol. The highest BCUT2D eigenvalue weighted by atomic mass is 35.5. The van der Waals surface area contributed by atoms with E-state index in [0.717, 1.165) is 42.7 Å². The highest BCUT2D eigenvalue weighted by molar-refractivity contribution is 6.35. The van der Waals surface area contributed by atoms with E-state index < -0.39 is 0 Å². The number of guanidine groups is 1. The molecule has 0 aromatic heterocycles. The third-order valence-electron chi connectivity index (χ3n) is 4.90. The van der Waals surface area contributed by atoms with Crippen LogP contribution in [0.4, 0.5) is 0 Å². The van der Waals surface area contributed by atoms with Crippen molar-refractivity contribution in [2.45, 2.75) is 45.1 Å². The second-order valence-electron chi connectivity index (χ2n) is 7.17. The first-order valence-corrected chi connectivity index (χ1v) is 10.6. The van der Waals surface area contributed by atoms with Crippen LogP contribution >= 0.6 is 23.2 Å². The molecule has 1 aliphatic rings. The van der Waals surface area contributed by atoms with Gasteiger partial charge in [0.1, 0.15) is 0 Å². The Labute approximate surface area is 182 Å². The maximum Gasteiger partial charge on any atom is 0.189 e. The smallest absolute Gasteiger partial charge is 0.189 e. The fraction of sp³-hybridized carbons (Fsp3) is 0.409. The summed E-state index contributed by atoms with van der Waals surface area (Å²) in [7, 11) is 0. The van der Waals surface area contributed by atoms with E-state index in [1.165, 1.54) is 0 Å². The van der Waals surface area contributed by atoms with E-state index in [4.69, 9.17) is 38.4 Å². The van der Waals surface area contributed by atoms with Crippen LogP contribution in [-0.2, 0) is 22.6 Å². The molecule has 2 aromatic carbocycles. The lowest BCUT2D eigenvalue weighted by Gasteiger charge is -2.22. The molecule has 29 heavy (non-hydrogen) atoms. The zero-order valence-electron chi connectivity index (χ0n) is 16.5. The maximum absolute atomic E-state index is 6.25. The largest absolute Gasteiger partial charge is 0.381 e. The van der Waals surface area contributed by atoms with Crippen molar-refractivity contribution in [1.82, 2.24) is 5.32 Å². The second kappa shape index (κ2) is 10.8. The normalized spacial score (nSPS) is 16.6. The Morgan fingerprint density at radius 3 is 2.55 bits per heavy atom. The van der Waals surface area contributed by atoms with Crippen LogP contribution in [0, 0.1) is 0 Å². The van der Waals surface area contributed by atoms with Gasteiger partial charge in [0.2, 0.25) is 0 Å². The number of benzene rings is 2. The summed E-state index contributed by atoms with van der Waals surface area (Å²) in [6.07, 6.45) is 2.24. The quantitative estimate of drug-likeness (QED) is 0.481. The molecule has 1 saturated heterocycles. The molecule has 3 N–H and O–H groups in total. The van der Waals surface area contributed by atoms with Crippen LogP contribution in [0.1, 0.15) is 42.5 Å². The van der Waals surface area contributed by atoms with E-state index in [1.54, 1.807) is 6.07 Å². The fourth-order valence-electron chi connectivity index (χ4n) is 3.17. The highest BCUT2D eigenvalue weighted by Crippen LogP contribution is 2.26. The first-order valence-electron chi connectivity index (χ1n) is 9.80. The predicted octanol–water partition coefficient (Wildman–Crippen LogP) is 4.85. The van der Waals surface area contributed by atoms with Crippen molar-refractivity contribution >= 4 is 29.2 Å². The number of ether oxygens (including phenoxy) is 2. The molecule has 156 valence electrons. The third kappa shape index (κ3) is 6.89. The second-order valence-corrected chi connectivity index (χ2v) is 8.02. The summed E-state index contributed by atoms with van der Waals surface area (Å²) in [6.45, 7) is 4.68. The molecular weight excluding hydrogens is 409 g/mol. The SMILES string of the molecule is CC(NC(N)=NCc1ccc(COC2CCOCC2)cc1)c1ccc(Cl)cc1Cl. The van der Waals surface area contributed by atoms with Gasteiger partial charge in [0, 0.05) is 23.3 Å². The van der Waals surface area contributed by atoms with Crippen LogP contribution < -0.4 is 11.1 Å². The van der Waals surface area contributed by atoms with Crippen molar-refractivity contribution in [2.75, 3.05) is 13.2 Å². The van der Waals surface area contributed by atoms with E-state index in [9.17, 15) is 0 Å². The number of hydrogen-bond donors (Lipinski definition) is 2. The Morgan fingerprint density at radius 1 is 1.17 bits per heavy atom. The molecular formula is C22H27Cl2N3O2. The van der Waals surface area contributed by atoms with Crippen molar-refractivity contribution < 1.29 is 9.47 Å². The van der Waals surface area contributed by atoms with Crippen LogP contribution in [0.5, 0.6) is 0 Å². The molecule has 0 saturated carbocycles. The van der Waals surface area contributed by atoms with Crippen LogP contribution in [-0.4, -0.2) is 25.3 Å². The van der Waals surface area contributed by atoms with Crippen molar-refractivity contribution in [3.8, 4) is 0 Å². The first-order chi connectivity index (χ1) is 14.0. The minimum absolute atomic E-state index is 0.0757. The topological polar surface area (TPSA) is 68.9 Å². The molecule has 0 spiro atoms. The zero-order valence-corrected chi connectivity index (χ0v) is 18.0. The number of nitrogens with one attached hydrogen (secondary N) is 1. The van der Waals surface area contributed by atoms with Crippen molar-refractivity contribution in [3.05, 3.63) is 69.2 Å². The van der Waals surface area contributed by atoms with Crippen LogP contribution in [0.15, 0.2) is 47.5 Å². The van der Waals surface area contributed by atoms with E-state index in [0.29, 0.717) is 35.3 Å². The molecule has 1 atom stereocenters. The molecule has 5 nitrogen and oxygen atoms in total. The Morgan fingerprint density at radius 2 is 1.86 bits per heavy atom. The van der Waals surface area contributed by atoms with Gasteiger partial charge in [-0.2, -0.15) is 0 Å². The molecule has 2 aromatic rings. The minimum Gasteiger partial charge on any atom is -0.381 e. The van der Waals surface area contributed by atoms with Gasteiger partial charge in [-0.25, -0.2) is 4.99 Å². The lowest BCUT2D eigenvalue weighted by Crippen LogP contribution is -2.34. The predicted molar refractivity (Wildman–Crippen MR) is 118 cm³/mol. The standard InChI is InChI=1S/C22H27Cl2N3O2/c1-15(20-7-6-18(23)12-21(20)24)27-22(25)26-13-16-2-4-17(5-3-16)14-29-19-8-10-28-11-9-19/h2-7,12,15,19H,8-11,13-14H2,1H3,(H3,25,26,27). The average molecular weight is 436 g/mol. The van der Waals surface area contributed by atoms with Crippen molar-refractivity contribution in [2.24, 2.45) is 10.7 Å². The number of hydrogen-bond acceptors (Lipinski definition) is 3. The van der Waals surface area contributed by atoms with Gasteiger partial charge in [0.15, 0.2) is 5.96 Å². The minimum atomic E-state index is -0.0757. The highest BCUT2D eigenvalue weighted by Gasteiger charge is 2.14. The number of rotatable bonds is 7. The van der Waals surface area contributed by atoms with E-state index >= 15 is 0 Å². The van der Waals surface area contributed by atoms with Crippen molar-refractivity contribution in [3.63, 3.8) is 0 Å². The number of aliphatic imine (C=N–C) groups is 1. The average Bonchev–Trinajstić information content (AvgIpc) is 2.72. The number of halogens is 2. The first kappa shape index (κ1) is 21.9. The van der Waals surface area contributed by atoms with E-state index in [2.05, 4.69) is 34.6 Å². The number of nitrogens with two attached hydrogens (primary N) is 1. The fourth-order valence-corrected chi connectivity index (χ4v) is 3.74. The molecule has 0 aliphatic carbocycles. The summed E-state index contributed by atoms with van der Waals surface area (Å²) in [5.74, 6) is 0.371. The molecule has 7 heteroatoms. The van der Waals surface area contributed by atoms with Crippen LogP contribution in [0.25, 0.3) is 0 Å². The van der Waals surface area contributed by atoms with Crippen LogP contribution in [0.2, 0.25) is 10.0 Å². The van der Waals surface area contributed by atoms with Gasteiger partial charge in [-0.05, 0) is 48.6 Å². The molecule has 0 radical (unpaired) electrons. The Bertz CT molecular complexity index is 821. The zero-order chi connectivity index (χ0) is 20.6. The maximum atomic E-state index is 6.25. The van der Waals surface area contributed by atoms with Gasteiger partial charge >= 0.3 is 0 Å². The summed E-state index contributed by atoms with van der Waals surface area (Å²) in [6, 6.07) is 13.6. The molecule has 0 bridgehead atoms. The summed E-state index contributed by atoms with van der Waals surface area (Å²) >= 11 is 12.2. The summed E-state index contributed by atoms with van der Waals surface area (Å²) in [4.78, 5) is 4.43. The molecule has 1 fully saturated rings. The van der Waals surface area contributed by atoms with E-state index in [1.807, 2.05) is 19.1 Å². The van der Waals surface area contributed by atoms with Gasteiger partial charge in [0.05, 0.1) is 25.3 Å². The van der Waals surface area contributed by atoms with Gasteiger partial charge in [-0.1, -0.05) is 53.5 Å². The third-order valence-corrected chi connectivity index (χ3v) is 5.46. The van der Waals surface area contributed by atoms with Crippen LogP contribution in [0.3, 0.4) is 0 Å². The molecule has 1 unspecified atom stereocenters. The lowest BCUT2D eigenvalue weighted by molar-refractivity contribution is -0.0390. The van der Waals surface area contributed by atoms with Gasteiger partial charge in [0.25, 0.3) is 0 Å². The summed E-state index contributed by atoms with van der Waals surface area (Å²) in [5, 5.41) is 4.37. The Hall–Kier alpha value is -1.79. The Kier molecular flexibility index (Phi) is 8.19. The van der Waals surface area contributed by atoms with Gasteiger partial charge in [-0.15, -0.1) is 0 Å². The molecule has 1 aliphatic heterocycles. The van der Waals surface area contributed by atoms with Gasteiger partial charge in [-0.3, -0.25) is 0 Å². The molecule has 3 rings (SSSR count). The molecule has 1 heterocycles.